The summed E-state index contributed by atoms with van der Waals surface area (Å²) in [5.74, 6) is -0.700. The zero-order chi connectivity index (χ0) is 26.6. The van der Waals surface area contributed by atoms with Crippen LogP contribution in [0.4, 0.5) is 4.79 Å². The van der Waals surface area contributed by atoms with Gasteiger partial charge in [0.2, 0.25) is 5.91 Å². The van der Waals surface area contributed by atoms with Gasteiger partial charge in [0.25, 0.3) is 0 Å². The standard InChI is InChI=1S/C29H30N2O6/c1-29(2,3)37-28(34)35-22-16-14-19(15-17-22)24(31-18-23(30)26(31)32)27(33)36-25(20-10-6-4-7-11-20)21-12-8-5-9-13-21/h4-17,23-25H,18,30H2,1-3H3/t23-,24?/m0/s1. The Labute approximate surface area is 215 Å². The maximum Gasteiger partial charge on any atom is 0.514 e. The number of nitrogens with two attached hydrogens (primary N) is 1. The number of esters is 1. The lowest BCUT2D eigenvalue weighted by molar-refractivity contribution is -0.164. The van der Waals surface area contributed by atoms with Crippen molar-refractivity contribution in [3.8, 4) is 5.75 Å². The van der Waals surface area contributed by atoms with Crippen molar-refractivity contribution in [2.24, 2.45) is 5.73 Å². The molecule has 2 atom stereocenters. The molecule has 8 nitrogen and oxygen atoms in total. The molecule has 0 aliphatic carbocycles. The molecule has 1 saturated heterocycles. The van der Waals surface area contributed by atoms with Crippen molar-refractivity contribution in [1.29, 1.82) is 0 Å². The molecule has 0 saturated carbocycles. The minimum absolute atomic E-state index is 0.218. The van der Waals surface area contributed by atoms with Crippen LogP contribution in [0, 0.1) is 0 Å². The summed E-state index contributed by atoms with van der Waals surface area (Å²) in [6, 6.07) is 23.4. The quantitative estimate of drug-likeness (QED) is 0.287. The van der Waals surface area contributed by atoms with Crippen LogP contribution in [0.15, 0.2) is 84.9 Å². The summed E-state index contributed by atoms with van der Waals surface area (Å²) in [7, 11) is 0. The third-order valence-electron chi connectivity index (χ3n) is 5.75. The maximum atomic E-state index is 13.6. The maximum absolute atomic E-state index is 13.6. The fraction of sp³-hybridized carbons (Fsp3) is 0.276. The summed E-state index contributed by atoms with van der Waals surface area (Å²) < 4.78 is 16.5. The van der Waals surface area contributed by atoms with Gasteiger partial charge in [-0.3, -0.25) is 4.79 Å². The topological polar surface area (TPSA) is 108 Å². The van der Waals surface area contributed by atoms with E-state index in [0.717, 1.165) is 11.1 Å². The molecule has 2 N–H and O–H groups in total. The van der Waals surface area contributed by atoms with Gasteiger partial charge in [-0.25, -0.2) is 9.59 Å². The average molecular weight is 503 g/mol. The summed E-state index contributed by atoms with van der Waals surface area (Å²) in [4.78, 5) is 39.6. The van der Waals surface area contributed by atoms with Gasteiger partial charge < -0.3 is 24.8 Å². The molecule has 1 aliphatic heterocycles. The van der Waals surface area contributed by atoms with E-state index in [-0.39, 0.29) is 18.2 Å². The number of nitrogens with zero attached hydrogens (tertiary/aromatic N) is 1. The van der Waals surface area contributed by atoms with E-state index in [1.165, 1.54) is 17.0 Å². The van der Waals surface area contributed by atoms with Crippen LogP contribution in [-0.2, 0) is 19.1 Å². The summed E-state index contributed by atoms with van der Waals surface area (Å²) in [5.41, 5.74) is 7.23. The number of hydrogen-bond donors (Lipinski definition) is 1. The van der Waals surface area contributed by atoms with Gasteiger partial charge in [-0.2, -0.15) is 0 Å². The molecule has 37 heavy (non-hydrogen) atoms. The second-order valence-electron chi connectivity index (χ2n) is 9.77. The van der Waals surface area contributed by atoms with Crippen molar-refractivity contribution < 1.29 is 28.6 Å². The van der Waals surface area contributed by atoms with Gasteiger partial charge in [-0.1, -0.05) is 72.8 Å². The fourth-order valence-electron chi connectivity index (χ4n) is 4.01. The van der Waals surface area contributed by atoms with E-state index in [1.54, 1.807) is 32.9 Å². The zero-order valence-electron chi connectivity index (χ0n) is 21.0. The number of rotatable bonds is 7. The highest BCUT2D eigenvalue weighted by atomic mass is 16.7. The van der Waals surface area contributed by atoms with Crippen molar-refractivity contribution in [2.45, 2.75) is 44.6 Å². The van der Waals surface area contributed by atoms with Crippen LogP contribution in [0.25, 0.3) is 0 Å². The van der Waals surface area contributed by atoms with Gasteiger partial charge in [0.05, 0.1) is 0 Å². The van der Waals surface area contributed by atoms with E-state index in [1.807, 2.05) is 60.7 Å². The molecule has 3 aromatic carbocycles. The summed E-state index contributed by atoms with van der Waals surface area (Å²) in [6.45, 7) is 5.43. The van der Waals surface area contributed by atoms with Gasteiger partial charge in [0, 0.05) is 6.54 Å². The van der Waals surface area contributed by atoms with Crippen LogP contribution < -0.4 is 10.5 Å². The Kier molecular flexibility index (Phi) is 7.59. The predicted molar refractivity (Wildman–Crippen MR) is 137 cm³/mol. The molecule has 1 amide bonds. The minimum Gasteiger partial charge on any atom is -0.451 e. The van der Waals surface area contributed by atoms with E-state index in [9.17, 15) is 14.4 Å². The number of ether oxygens (including phenoxy) is 3. The molecule has 0 spiro atoms. The lowest BCUT2D eigenvalue weighted by Crippen LogP contribution is -2.63. The number of carbonyl (C=O) groups excluding carboxylic acids is 3. The van der Waals surface area contributed by atoms with Gasteiger partial charge in [0.15, 0.2) is 12.1 Å². The molecule has 1 fully saturated rings. The highest BCUT2D eigenvalue weighted by molar-refractivity contribution is 5.93. The second kappa shape index (κ2) is 10.8. The number of carbonyl (C=O) groups is 3. The van der Waals surface area contributed by atoms with E-state index in [4.69, 9.17) is 19.9 Å². The van der Waals surface area contributed by atoms with Gasteiger partial charge >= 0.3 is 12.1 Å². The molecule has 1 aliphatic rings. The lowest BCUT2D eigenvalue weighted by Gasteiger charge is -2.41. The first kappa shape index (κ1) is 25.9. The third-order valence-corrected chi connectivity index (χ3v) is 5.75. The molecule has 0 radical (unpaired) electrons. The molecule has 1 unspecified atom stereocenters. The van der Waals surface area contributed by atoms with Crippen molar-refractivity contribution in [3.05, 3.63) is 102 Å². The minimum atomic E-state index is -1.02. The van der Waals surface area contributed by atoms with Gasteiger partial charge in [-0.05, 0) is 49.6 Å². The Morgan fingerprint density at radius 3 is 1.86 bits per heavy atom. The largest absolute Gasteiger partial charge is 0.514 e. The van der Waals surface area contributed by atoms with Crippen molar-refractivity contribution >= 4 is 18.0 Å². The smallest absolute Gasteiger partial charge is 0.451 e. The van der Waals surface area contributed by atoms with Crippen LogP contribution in [0.5, 0.6) is 5.75 Å². The summed E-state index contributed by atoms with van der Waals surface area (Å²) in [6.07, 6.45) is -1.51. The summed E-state index contributed by atoms with van der Waals surface area (Å²) in [5, 5.41) is 0. The zero-order valence-corrected chi connectivity index (χ0v) is 21.0. The predicted octanol–water partition coefficient (Wildman–Crippen LogP) is 4.54. The number of β-lactam (4-membered cyclic amide) rings is 1. The highest BCUT2D eigenvalue weighted by Crippen LogP contribution is 2.33. The first-order valence-electron chi connectivity index (χ1n) is 12.0. The molecular formula is C29H30N2O6. The Morgan fingerprint density at radius 1 is 0.865 bits per heavy atom. The van der Waals surface area contributed by atoms with Gasteiger partial charge in [0.1, 0.15) is 17.4 Å². The monoisotopic (exact) mass is 502 g/mol. The fourth-order valence-corrected chi connectivity index (χ4v) is 4.01. The average Bonchev–Trinajstić information content (AvgIpc) is 2.87. The number of likely N-dealkylation sites (tertiary alicyclic amines) is 1. The Hall–Kier alpha value is -4.17. The van der Waals surface area contributed by atoms with Crippen molar-refractivity contribution in [1.82, 2.24) is 4.90 Å². The molecule has 4 rings (SSSR count). The Balaban J connectivity index is 1.59. The molecule has 192 valence electrons. The third kappa shape index (κ3) is 6.34. The Bertz CT molecular complexity index is 1200. The van der Waals surface area contributed by atoms with Crippen LogP contribution in [0.1, 0.15) is 49.6 Å². The van der Waals surface area contributed by atoms with Crippen LogP contribution in [0.3, 0.4) is 0 Å². The second-order valence-corrected chi connectivity index (χ2v) is 9.77. The molecule has 0 aromatic heterocycles. The molecule has 0 bridgehead atoms. The molecule has 1 heterocycles. The van der Waals surface area contributed by atoms with Crippen LogP contribution >= 0.6 is 0 Å². The number of hydrogen-bond acceptors (Lipinski definition) is 7. The molecule has 8 heteroatoms. The van der Waals surface area contributed by atoms with E-state index < -0.39 is 35.9 Å². The Morgan fingerprint density at radius 2 is 1.41 bits per heavy atom. The highest BCUT2D eigenvalue weighted by Gasteiger charge is 2.43. The van der Waals surface area contributed by atoms with E-state index >= 15 is 0 Å². The van der Waals surface area contributed by atoms with Crippen LogP contribution in [-0.4, -0.2) is 41.1 Å². The van der Waals surface area contributed by atoms with Crippen molar-refractivity contribution in [3.63, 3.8) is 0 Å². The SMILES string of the molecule is CC(C)(C)OC(=O)Oc1ccc(C(C(=O)OC(c2ccccc2)c2ccccc2)N2C[C@H](N)C2=O)cc1. The van der Waals surface area contributed by atoms with Crippen LogP contribution in [0.2, 0.25) is 0 Å². The van der Waals surface area contributed by atoms with Gasteiger partial charge in [-0.15, -0.1) is 0 Å². The molecule has 3 aromatic rings. The number of benzene rings is 3. The molecular weight excluding hydrogens is 472 g/mol. The lowest BCUT2D eigenvalue weighted by atomic mass is 9.97. The van der Waals surface area contributed by atoms with Crippen molar-refractivity contribution in [2.75, 3.05) is 6.54 Å². The normalized spacial score (nSPS) is 16.1. The first-order chi connectivity index (χ1) is 17.6. The number of amides is 1. The summed E-state index contributed by atoms with van der Waals surface area (Å²) >= 11 is 0. The first-order valence-corrected chi connectivity index (χ1v) is 12.0. The van der Waals surface area contributed by atoms with E-state index in [2.05, 4.69) is 0 Å². The van der Waals surface area contributed by atoms with E-state index in [0.29, 0.717) is 5.56 Å².